The average Bonchev–Trinajstić information content (AvgIpc) is 3.51. The Hall–Kier alpha value is -3.82. The third-order valence-electron chi connectivity index (χ3n) is 6.22. The second kappa shape index (κ2) is 9.98. The smallest absolute Gasteiger partial charge is 0.326 e. The van der Waals surface area contributed by atoms with Crippen LogP contribution >= 0.6 is 0 Å². The first-order valence-corrected chi connectivity index (χ1v) is 11.2. The van der Waals surface area contributed by atoms with Crippen molar-refractivity contribution in [3.8, 4) is 11.5 Å². The van der Waals surface area contributed by atoms with Crippen molar-refractivity contribution in [3.05, 3.63) is 36.4 Å². The number of benzene rings is 2. The summed E-state index contributed by atoms with van der Waals surface area (Å²) >= 11 is 0. The van der Waals surface area contributed by atoms with Crippen molar-refractivity contribution >= 4 is 34.5 Å². The van der Waals surface area contributed by atoms with E-state index >= 15 is 0 Å². The Morgan fingerprint density at radius 1 is 0.735 bits per heavy atom. The van der Waals surface area contributed by atoms with Gasteiger partial charge in [-0.2, -0.15) is 0 Å². The molecule has 2 amide bonds. The van der Waals surface area contributed by atoms with Gasteiger partial charge in [0, 0.05) is 13.1 Å². The lowest BCUT2D eigenvalue weighted by Gasteiger charge is -2.21. The van der Waals surface area contributed by atoms with E-state index in [1.807, 2.05) is 0 Å². The lowest BCUT2D eigenvalue weighted by atomic mass is 10.1. The molecule has 1 unspecified atom stereocenters. The minimum absolute atomic E-state index is 0.244. The summed E-state index contributed by atoms with van der Waals surface area (Å²) in [6, 6.07) is 8.92. The summed E-state index contributed by atoms with van der Waals surface area (Å²) in [7, 11) is 0. The van der Waals surface area contributed by atoms with E-state index in [4.69, 9.17) is 9.47 Å². The molecule has 0 aromatic heterocycles. The fraction of sp³-hybridized carbons (Fsp3) is 0.417. The zero-order valence-corrected chi connectivity index (χ0v) is 18.5. The molecule has 0 radical (unpaired) electrons. The number of hydrogen-bond donors (Lipinski definition) is 2. The van der Waals surface area contributed by atoms with Gasteiger partial charge in [-0.25, -0.2) is 9.59 Å². The van der Waals surface area contributed by atoms with Gasteiger partial charge in [0.25, 0.3) is 11.8 Å². The number of carbonyl (C=O) groups is 4. The molecule has 2 N–H and O–H groups in total. The highest BCUT2D eigenvalue weighted by Crippen LogP contribution is 2.26. The molecular formula is C24H26N2O8. The zero-order chi connectivity index (χ0) is 24.2. The molecule has 34 heavy (non-hydrogen) atoms. The van der Waals surface area contributed by atoms with Crippen molar-refractivity contribution in [3.63, 3.8) is 0 Å². The molecule has 180 valence electrons. The van der Waals surface area contributed by atoms with Crippen LogP contribution < -0.4 is 9.47 Å². The molecule has 2 heterocycles. The highest BCUT2D eigenvalue weighted by Gasteiger charge is 2.35. The number of carboxylic acids is 2. The minimum atomic E-state index is -1.00. The summed E-state index contributed by atoms with van der Waals surface area (Å²) in [5.41, 5.74) is 0. The van der Waals surface area contributed by atoms with Gasteiger partial charge in [-0.05, 0) is 60.7 Å². The molecule has 2 fully saturated rings. The number of rotatable bonds is 8. The summed E-state index contributed by atoms with van der Waals surface area (Å²) < 4.78 is 11.2. The van der Waals surface area contributed by atoms with Crippen LogP contribution in [0.15, 0.2) is 36.4 Å². The molecule has 10 nitrogen and oxygen atoms in total. The van der Waals surface area contributed by atoms with E-state index in [-0.39, 0.29) is 25.0 Å². The van der Waals surface area contributed by atoms with Gasteiger partial charge in [-0.3, -0.25) is 9.59 Å². The largest absolute Gasteiger partial charge is 0.484 e. The molecule has 2 aliphatic rings. The average molecular weight is 470 g/mol. The summed E-state index contributed by atoms with van der Waals surface area (Å²) in [4.78, 5) is 50.0. The van der Waals surface area contributed by atoms with Crippen LogP contribution in [0.3, 0.4) is 0 Å². The van der Waals surface area contributed by atoms with Crippen molar-refractivity contribution in [2.45, 2.75) is 37.8 Å². The summed E-state index contributed by atoms with van der Waals surface area (Å²) in [6.45, 7) is 0.340. The van der Waals surface area contributed by atoms with Gasteiger partial charge in [-0.1, -0.05) is 12.1 Å². The molecule has 0 bridgehead atoms. The Morgan fingerprint density at radius 2 is 1.15 bits per heavy atom. The van der Waals surface area contributed by atoms with Crippen LogP contribution in [0.2, 0.25) is 0 Å². The van der Waals surface area contributed by atoms with E-state index in [2.05, 4.69) is 0 Å². The van der Waals surface area contributed by atoms with Gasteiger partial charge in [0.2, 0.25) is 0 Å². The van der Waals surface area contributed by atoms with E-state index in [9.17, 15) is 29.4 Å². The van der Waals surface area contributed by atoms with Crippen LogP contribution in [0.25, 0.3) is 10.8 Å². The summed E-state index contributed by atoms with van der Waals surface area (Å²) in [6.07, 6.45) is 2.22. The molecular weight excluding hydrogens is 444 g/mol. The summed E-state index contributed by atoms with van der Waals surface area (Å²) in [5.74, 6) is -1.77. The van der Waals surface area contributed by atoms with E-state index in [1.54, 1.807) is 36.4 Å². The Balaban J connectivity index is 1.34. The van der Waals surface area contributed by atoms with Gasteiger partial charge in [0.1, 0.15) is 23.6 Å². The second-order valence-electron chi connectivity index (χ2n) is 8.41. The number of aliphatic carboxylic acids is 2. The Morgan fingerprint density at radius 3 is 1.53 bits per heavy atom. The molecule has 0 saturated carbocycles. The van der Waals surface area contributed by atoms with Gasteiger partial charge >= 0.3 is 11.9 Å². The number of hydrogen-bond acceptors (Lipinski definition) is 6. The van der Waals surface area contributed by atoms with E-state index in [0.29, 0.717) is 50.3 Å². The molecule has 2 atom stereocenters. The zero-order valence-electron chi connectivity index (χ0n) is 18.5. The van der Waals surface area contributed by atoms with Crippen LogP contribution in [0, 0.1) is 0 Å². The lowest BCUT2D eigenvalue weighted by molar-refractivity contribution is -0.149. The van der Waals surface area contributed by atoms with Crippen LogP contribution in [-0.4, -0.2) is 82.2 Å². The van der Waals surface area contributed by atoms with Gasteiger partial charge in [-0.15, -0.1) is 0 Å². The fourth-order valence-electron chi connectivity index (χ4n) is 4.48. The quantitative estimate of drug-likeness (QED) is 0.596. The van der Waals surface area contributed by atoms with Gasteiger partial charge in [0.05, 0.1) is 0 Å². The summed E-state index contributed by atoms with van der Waals surface area (Å²) in [5, 5.41) is 20.1. The molecule has 2 saturated heterocycles. The fourth-order valence-corrected chi connectivity index (χ4v) is 4.48. The molecule has 10 heteroatoms. The first kappa shape index (κ1) is 23.3. The number of nitrogens with zero attached hydrogens (tertiary/aromatic N) is 2. The Labute approximate surface area is 195 Å². The van der Waals surface area contributed by atoms with E-state index in [1.165, 1.54) is 9.80 Å². The number of ether oxygens (including phenoxy) is 2. The maximum Gasteiger partial charge on any atom is 0.326 e. The standard InChI is InChI=1S/C24H26N2O8/c27-21(25-9-1-3-19(25)23(29)30)13-33-17-7-5-16-12-18(8-6-15(16)11-17)34-14-22(28)26-10-2-4-20(26)24(31)32/h5-8,11-12,19-20H,1-4,9-10,13-14H2,(H,29,30)(H,31,32)/t19-,20?/m1/s1. The van der Waals surface area contributed by atoms with Crippen LogP contribution in [0.5, 0.6) is 11.5 Å². The van der Waals surface area contributed by atoms with Crippen molar-refractivity contribution in [2.75, 3.05) is 26.3 Å². The van der Waals surface area contributed by atoms with Crippen LogP contribution in [0.1, 0.15) is 25.7 Å². The lowest BCUT2D eigenvalue weighted by Crippen LogP contribution is -2.42. The predicted octanol–water partition coefficient (Wildman–Crippen LogP) is 1.75. The van der Waals surface area contributed by atoms with Crippen LogP contribution in [0.4, 0.5) is 0 Å². The minimum Gasteiger partial charge on any atom is -0.484 e. The van der Waals surface area contributed by atoms with Crippen molar-refractivity contribution in [2.24, 2.45) is 0 Å². The Bertz CT molecular complexity index is 1030. The molecule has 4 rings (SSSR count). The SMILES string of the molecule is O=C(O)C1CCCN1C(=O)COc1ccc2cc(OCC(=O)N3CCC[C@@H]3C(=O)O)ccc2c1. The van der Waals surface area contributed by atoms with E-state index in [0.717, 1.165) is 10.8 Å². The molecule has 2 aromatic carbocycles. The maximum absolute atomic E-state index is 12.4. The molecule has 0 aliphatic carbocycles. The van der Waals surface area contributed by atoms with Crippen molar-refractivity contribution < 1.29 is 38.9 Å². The Kier molecular flexibility index (Phi) is 6.85. The van der Waals surface area contributed by atoms with Gasteiger partial charge < -0.3 is 29.5 Å². The molecule has 2 aliphatic heterocycles. The van der Waals surface area contributed by atoms with Crippen molar-refractivity contribution in [1.82, 2.24) is 9.80 Å². The maximum atomic E-state index is 12.4. The van der Waals surface area contributed by atoms with Crippen molar-refractivity contribution in [1.29, 1.82) is 0 Å². The number of carbonyl (C=O) groups excluding carboxylic acids is 2. The normalized spacial score (nSPS) is 19.9. The monoisotopic (exact) mass is 470 g/mol. The third-order valence-corrected chi connectivity index (χ3v) is 6.22. The van der Waals surface area contributed by atoms with Crippen LogP contribution in [-0.2, 0) is 19.2 Å². The molecule has 0 spiro atoms. The highest BCUT2D eigenvalue weighted by atomic mass is 16.5. The third kappa shape index (κ3) is 5.05. The number of carboxylic acid groups (broad SMARTS) is 2. The van der Waals surface area contributed by atoms with Gasteiger partial charge in [0.15, 0.2) is 13.2 Å². The number of fused-ring (bicyclic) bond motifs is 1. The number of likely N-dealkylation sites (tertiary alicyclic amines) is 2. The first-order chi connectivity index (χ1) is 16.3. The topological polar surface area (TPSA) is 134 Å². The highest BCUT2D eigenvalue weighted by molar-refractivity contribution is 5.87. The second-order valence-corrected chi connectivity index (χ2v) is 8.41. The predicted molar refractivity (Wildman–Crippen MR) is 120 cm³/mol. The molecule has 2 aromatic rings. The van der Waals surface area contributed by atoms with E-state index < -0.39 is 24.0 Å². The number of amides is 2. The first-order valence-electron chi connectivity index (χ1n) is 11.2.